The maximum atomic E-state index is 5.81. The molecule has 2 rings (SSSR count). The molecule has 1 saturated heterocycles. The van der Waals surface area contributed by atoms with Gasteiger partial charge in [-0.15, -0.1) is 0 Å². The van der Waals surface area contributed by atoms with E-state index >= 15 is 0 Å². The van der Waals surface area contributed by atoms with Gasteiger partial charge in [0.2, 0.25) is 0 Å². The second-order valence-corrected chi connectivity index (χ2v) is 5.00. The lowest BCUT2D eigenvalue weighted by atomic mass is 10.1. The van der Waals surface area contributed by atoms with Gasteiger partial charge in [-0.25, -0.2) is 0 Å². The van der Waals surface area contributed by atoms with E-state index in [4.69, 9.17) is 5.73 Å². The Morgan fingerprint density at radius 1 is 1.47 bits per heavy atom. The van der Waals surface area contributed by atoms with Crippen LogP contribution in [0.1, 0.15) is 18.9 Å². The summed E-state index contributed by atoms with van der Waals surface area (Å²) >= 11 is 0. The summed E-state index contributed by atoms with van der Waals surface area (Å²) < 4.78 is 0. The van der Waals surface area contributed by atoms with Crippen LogP contribution in [0.25, 0.3) is 0 Å². The minimum atomic E-state index is 0.785. The molecule has 1 fully saturated rings. The predicted molar refractivity (Wildman–Crippen MR) is 74.3 cm³/mol. The van der Waals surface area contributed by atoms with Crippen molar-refractivity contribution in [2.24, 2.45) is 5.92 Å². The summed E-state index contributed by atoms with van der Waals surface area (Å²) in [6.07, 6.45) is 1.31. The maximum Gasteiger partial charge on any atom is 0.0345 e. The number of hydrogen-bond donors (Lipinski definition) is 2. The number of anilines is 2. The van der Waals surface area contributed by atoms with Crippen LogP contribution in [-0.2, 0) is 0 Å². The van der Waals surface area contributed by atoms with Gasteiger partial charge in [-0.2, -0.15) is 0 Å². The van der Waals surface area contributed by atoms with E-state index < -0.39 is 0 Å². The van der Waals surface area contributed by atoms with Gasteiger partial charge in [0.05, 0.1) is 0 Å². The molecule has 1 atom stereocenters. The summed E-state index contributed by atoms with van der Waals surface area (Å²) in [5.74, 6) is 0.785. The van der Waals surface area contributed by atoms with Crippen LogP contribution in [0.4, 0.5) is 11.4 Å². The molecule has 94 valence electrons. The quantitative estimate of drug-likeness (QED) is 0.784. The largest absolute Gasteiger partial charge is 0.399 e. The number of hydrogen-bond acceptors (Lipinski definition) is 3. The van der Waals surface area contributed by atoms with E-state index in [2.05, 4.69) is 36.2 Å². The zero-order valence-corrected chi connectivity index (χ0v) is 10.9. The number of likely N-dealkylation sites (tertiary alicyclic amines) is 1. The zero-order valence-electron chi connectivity index (χ0n) is 10.9. The van der Waals surface area contributed by atoms with Crippen LogP contribution in [0, 0.1) is 12.8 Å². The Morgan fingerprint density at radius 3 is 2.94 bits per heavy atom. The highest BCUT2D eigenvalue weighted by Crippen LogP contribution is 2.19. The molecule has 1 aliphatic rings. The lowest BCUT2D eigenvalue weighted by Gasteiger charge is -2.15. The van der Waals surface area contributed by atoms with Gasteiger partial charge < -0.3 is 16.0 Å². The summed E-state index contributed by atoms with van der Waals surface area (Å²) in [4.78, 5) is 2.51. The second kappa shape index (κ2) is 5.41. The smallest absolute Gasteiger partial charge is 0.0345 e. The first-order valence-corrected chi connectivity index (χ1v) is 6.51. The van der Waals surface area contributed by atoms with Crippen molar-refractivity contribution in [1.29, 1.82) is 0 Å². The highest BCUT2D eigenvalue weighted by atomic mass is 15.1. The third-order valence-electron chi connectivity index (χ3n) is 3.68. The van der Waals surface area contributed by atoms with Crippen LogP contribution in [-0.4, -0.2) is 31.1 Å². The Labute approximate surface area is 104 Å². The molecule has 0 bridgehead atoms. The first-order valence-electron chi connectivity index (χ1n) is 6.51. The van der Waals surface area contributed by atoms with E-state index in [1.165, 1.54) is 31.7 Å². The normalized spacial score (nSPS) is 20.7. The van der Waals surface area contributed by atoms with E-state index in [0.29, 0.717) is 0 Å². The fourth-order valence-electron chi connectivity index (χ4n) is 2.41. The zero-order chi connectivity index (χ0) is 12.3. The van der Waals surface area contributed by atoms with Gasteiger partial charge in [0.1, 0.15) is 0 Å². The molecule has 1 unspecified atom stereocenters. The summed E-state index contributed by atoms with van der Waals surface area (Å²) in [5, 5.41) is 3.52. The molecule has 1 heterocycles. The van der Waals surface area contributed by atoms with Crippen LogP contribution in [0.3, 0.4) is 0 Å². The number of nitrogens with two attached hydrogens (primary N) is 1. The molecule has 3 heteroatoms. The number of nitrogen functional groups attached to an aromatic ring is 1. The molecule has 0 amide bonds. The van der Waals surface area contributed by atoms with Crippen LogP contribution < -0.4 is 11.1 Å². The van der Waals surface area contributed by atoms with Gasteiger partial charge in [-0.1, -0.05) is 6.92 Å². The van der Waals surface area contributed by atoms with Gasteiger partial charge in [-0.3, -0.25) is 0 Å². The molecule has 3 N–H and O–H groups in total. The molecule has 0 spiro atoms. The van der Waals surface area contributed by atoms with Crippen molar-refractivity contribution < 1.29 is 0 Å². The first kappa shape index (κ1) is 12.2. The third-order valence-corrected chi connectivity index (χ3v) is 3.68. The van der Waals surface area contributed by atoms with Crippen LogP contribution in [0.5, 0.6) is 0 Å². The van der Waals surface area contributed by atoms with Crippen molar-refractivity contribution in [3.05, 3.63) is 23.8 Å². The third kappa shape index (κ3) is 3.13. The average Bonchev–Trinajstić information content (AvgIpc) is 2.79. The van der Waals surface area contributed by atoms with E-state index in [0.717, 1.165) is 23.7 Å². The summed E-state index contributed by atoms with van der Waals surface area (Å²) in [5.41, 5.74) is 9.01. The second-order valence-electron chi connectivity index (χ2n) is 5.00. The molecule has 1 aromatic carbocycles. The summed E-state index contributed by atoms with van der Waals surface area (Å²) in [6.45, 7) is 9.02. The molecule has 0 saturated carbocycles. The van der Waals surface area contributed by atoms with Crippen LogP contribution >= 0.6 is 0 Å². The molecule has 1 aliphatic heterocycles. The van der Waals surface area contributed by atoms with E-state index in [1.807, 2.05) is 6.07 Å². The molecular formula is C14H23N3. The molecular weight excluding hydrogens is 210 g/mol. The number of rotatable bonds is 4. The Balaban J connectivity index is 1.84. The first-order chi connectivity index (χ1) is 8.19. The van der Waals surface area contributed by atoms with E-state index in [-0.39, 0.29) is 0 Å². The minimum Gasteiger partial charge on any atom is -0.399 e. The number of nitrogens with zero attached hydrogens (tertiary/aromatic N) is 1. The van der Waals surface area contributed by atoms with Crippen LogP contribution in [0.15, 0.2) is 18.2 Å². The van der Waals surface area contributed by atoms with Gasteiger partial charge in [0, 0.05) is 24.5 Å². The monoisotopic (exact) mass is 233 g/mol. The van der Waals surface area contributed by atoms with Gasteiger partial charge in [-0.05, 0) is 56.1 Å². The van der Waals surface area contributed by atoms with E-state index in [1.54, 1.807) is 0 Å². The lowest BCUT2D eigenvalue weighted by Crippen LogP contribution is -2.22. The predicted octanol–water partition coefficient (Wildman–Crippen LogP) is 2.33. The number of aryl methyl sites for hydroxylation is 1. The minimum absolute atomic E-state index is 0.785. The molecule has 0 radical (unpaired) electrons. The van der Waals surface area contributed by atoms with Crippen molar-refractivity contribution in [1.82, 2.24) is 4.90 Å². The van der Waals surface area contributed by atoms with E-state index in [9.17, 15) is 0 Å². The molecule has 0 aromatic heterocycles. The standard InChI is InChI=1S/C14H23N3/c1-3-17-7-6-12(10-17)9-16-13-4-5-14(15)11(2)8-13/h4-5,8,12,16H,3,6-7,9-10,15H2,1-2H3. The summed E-state index contributed by atoms with van der Waals surface area (Å²) in [6, 6.07) is 6.17. The molecule has 0 aliphatic carbocycles. The molecule has 17 heavy (non-hydrogen) atoms. The number of nitrogens with one attached hydrogen (secondary N) is 1. The van der Waals surface area contributed by atoms with Crippen molar-refractivity contribution in [2.45, 2.75) is 20.3 Å². The molecule has 3 nitrogen and oxygen atoms in total. The molecule has 1 aromatic rings. The summed E-state index contributed by atoms with van der Waals surface area (Å²) in [7, 11) is 0. The Morgan fingerprint density at radius 2 is 2.29 bits per heavy atom. The average molecular weight is 233 g/mol. The highest BCUT2D eigenvalue weighted by molar-refractivity contribution is 5.56. The lowest BCUT2D eigenvalue weighted by molar-refractivity contribution is 0.345. The van der Waals surface area contributed by atoms with Crippen LogP contribution in [0.2, 0.25) is 0 Å². The topological polar surface area (TPSA) is 41.3 Å². The van der Waals surface area contributed by atoms with Crippen molar-refractivity contribution >= 4 is 11.4 Å². The SMILES string of the molecule is CCN1CCC(CNc2ccc(N)c(C)c2)C1. The van der Waals surface area contributed by atoms with Gasteiger partial charge >= 0.3 is 0 Å². The Kier molecular flexibility index (Phi) is 3.89. The maximum absolute atomic E-state index is 5.81. The Bertz CT molecular complexity index is 376. The Hall–Kier alpha value is -1.22. The van der Waals surface area contributed by atoms with Crippen molar-refractivity contribution in [3.63, 3.8) is 0 Å². The van der Waals surface area contributed by atoms with Crippen molar-refractivity contribution in [3.8, 4) is 0 Å². The van der Waals surface area contributed by atoms with Gasteiger partial charge in [0.15, 0.2) is 0 Å². The van der Waals surface area contributed by atoms with Crippen molar-refractivity contribution in [2.75, 3.05) is 37.2 Å². The highest BCUT2D eigenvalue weighted by Gasteiger charge is 2.20. The van der Waals surface area contributed by atoms with Gasteiger partial charge in [0.25, 0.3) is 0 Å². The fraction of sp³-hybridized carbons (Fsp3) is 0.571. The number of benzene rings is 1. The fourth-order valence-corrected chi connectivity index (χ4v) is 2.41.